The van der Waals surface area contributed by atoms with E-state index in [0.29, 0.717) is 11.4 Å². The number of nitrogens with one attached hydrogen (secondary N) is 1. The molecule has 8 heteroatoms. The maximum Gasteiger partial charge on any atom is 0.267 e. The number of carbonyl (C=O) groups excluding carboxylic acids is 1. The van der Waals surface area contributed by atoms with Crippen LogP contribution in [0.3, 0.4) is 0 Å². The fourth-order valence-corrected chi connectivity index (χ4v) is 4.50. The molecule has 3 rings (SSSR count). The molecule has 1 amide bonds. The van der Waals surface area contributed by atoms with Gasteiger partial charge in [-0.3, -0.25) is 9.48 Å². The maximum atomic E-state index is 12.6. The minimum absolute atomic E-state index is 0.0532. The van der Waals surface area contributed by atoms with Crippen LogP contribution in [0.2, 0.25) is 0 Å². The molecule has 0 aliphatic heterocycles. The van der Waals surface area contributed by atoms with Gasteiger partial charge in [0, 0.05) is 18.3 Å². The van der Waals surface area contributed by atoms with Crippen LogP contribution in [0.5, 0.6) is 0 Å². The van der Waals surface area contributed by atoms with Crippen molar-refractivity contribution >= 4 is 26.8 Å². The Kier molecular flexibility index (Phi) is 4.16. The van der Waals surface area contributed by atoms with E-state index in [9.17, 15) is 13.2 Å². The number of amides is 1. The average Bonchev–Trinajstić information content (AvgIpc) is 2.95. The summed E-state index contributed by atoms with van der Waals surface area (Å²) < 4.78 is 30.6. The molecule has 1 N–H and O–H groups in total. The van der Waals surface area contributed by atoms with E-state index >= 15 is 0 Å². The lowest BCUT2D eigenvalue weighted by Gasteiger charge is -2.10. The van der Waals surface area contributed by atoms with Crippen LogP contribution in [0.15, 0.2) is 35.2 Å². The van der Waals surface area contributed by atoms with Gasteiger partial charge in [-0.15, -0.1) is 0 Å². The molecule has 0 saturated carbocycles. The molecule has 3 aromatic rings. The van der Waals surface area contributed by atoms with Crippen molar-refractivity contribution in [2.24, 2.45) is 7.05 Å². The predicted octanol–water partition coefficient (Wildman–Crippen LogP) is 1.81. The van der Waals surface area contributed by atoms with E-state index in [1.165, 1.54) is 4.68 Å². The number of rotatable bonds is 4. The number of carbonyl (C=O) groups is 1. The standard InChI is InChI=1S/C17H20N4O3S/c1-11-9-14-7-5-6-8-15(14)21(11)10-16(22)19-25(23,24)17-12(2)18-20(4)13(17)3/h5-9H,10H2,1-4H3,(H,19,22). The van der Waals surface area contributed by atoms with E-state index in [4.69, 9.17) is 0 Å². The Hall–Kier alpha value is -2.61. The number of sulfonamides is 1. The van der Waals surface area contributed by atoms with E-state index in [1.807, 2.05) is 37.3 Å². The number of aryl methyl sites for hydroxylation is 3. The van der Waals surface area contributed by atoms with Gasteiger partial charge in [0.2, 0.25) is 0 Å². The van der Waals surface area contributed by atoms with Gasteiger partial charge in [-0.2, -0.15) is 5.10 Å². The van der Waals surface area contributed by atoms with Crippen molar-refractivity contribution in [3.8, 4) is 0 Å². The van der Waals surface area contributed by atoms with Gasteiger partial charge >= 0.3 is 0 Å². The monoisotopic (exact) mass is 360 g/mol. The maximum absolute atomic E-state index is 12.6. The molecule has 0 spiro atoms. The lowest BCUT2D eigenvalue weighted by atomic mass is 10.2. The molecule has 0 aliphatic rings. The highest BCUT2D eigenvalue weighted by Gasteiger charge is 2.26. The lowest BCUT2D eigenvalue weighted by molar-refractivity contribution is -0.119. The number of aromatic nitrogens is 3. The Morgan fingerprint density at radius 1 is 1.20 bits per heavy atom. The van der Waals surface area contributed by atoms with Gasteiger partial charge < -0.3 is 4.57 Å². The molecule has 0 saturated heterocycles. The van der Waals surface area contributed by atoms with Crippen LogP contribution in [0, 0.1) is 20.8 Å². The minimum Gasteiger partial charge on any atom is -0.335 e. The van der Waals surface area contributed by atoms with Gasteiger partial charge in [0.25, 0.3) is 15.9 Å². The molecule has 7 nitrogen and oxygen atoms in total. The van der Waals surface area contributed by atoms with Crippen LogP contribution in [0.1, 0.15) is 17.1 Å². The quantitative estimate of drug-likeness (QED) is 0.769. The molecule has 0 aliphatic carbocycles. The fraction of sp³-hybridized carbons (Fsp3) is 0.294. The molecule has 2 heterocycles. The Labute approximate surface area is 146 Å². The first-order valence-electron chi connectivity index (χ1n) is 7.81. The van der Waals surface area contributed by atoms with E-state index in [0.717, 1.165) is 16.6 Å². The van der Waals surface area contributed by atoms with Crippen molar-refractivity contribution in [2.45, 2.75) is 32.2 Å². The summed E-state index contributed by atoms with van der Waals surface area (Å²) in [6.45, 7) is 5.08. The Bertz CT molecular complexity index is 1080. The number of fused-ring (bicyclic) bond motifs is 1. The van der Waals surface area contributed by atoms with E-state index in [-0.39, 0.29) is 11.4 Å². The molecule has 1 aromatic carbocycles. The molecule has 0 bridgehead atoms. The van der Waals surface area contributed by atoms with Crippen molar-refractivity contribution in [2.75, 3.05) is 0 Å². The molecule has 25 heavy (non-hydrogen) atoms. The topological polar surface area (TPSA) is 86.0 Å². The lowest BCUT2D eigenvalue weighted by Crippen LogP contribution is -2.34. The van der Waals surface area contributed by atoms with Gasteiger partial charge in [-0.1, -0.05) is 18.2 Å². The third kappa shape index (κ3) is 3.05. The van der Waals surface area contributed by atoms with Crippen molar-refractivity contribution in [3.63, 3.8) is 0 Å². The zero-order chi connectivity index (χ0) is 18.4. The zero-order valence-electron chi connectivity index (χ0n) is 14.6. The van der Waals surface area contributed by atoms with Gasteiger partial charge in [0.1, 0.15) is 11.4 Å². The highest BCUT2D eigenvalue weighted by atomic mass is 32.2. The normalized spacial score (nSPS) is 11.8. The van der Waals surface area contributed by atoms with Crippen molar-refractivity contribution < 1.29 is 13.2 Å². The molecule has 2 aromatic heterocycles. The highest BCUT2D eigenvalue weighted by molar-refractivity contribution is 7.90. The summed E-state index contributed by atoms with van der Waals surface area (Å²) >= 11 is 0. The van der Waals surface area contributed by atoms with Crippen LogP contribution < -0.4 is 4.72 Å². The summed E-state index contributed by atoms with van der Waals surface area (Å²) in [7, 11) is -2.30. The van der Waals surface area contributed by atoms with Crippen LogP contribution in [0.25, 0.3) is 10.9 Å². The molecule has 0 atom stereocenters. The highest BCUT2D eigenvalue weighted by Crippen LogP contribution is 2.20. The Balaban J connectivity index is 1.88. The van der Waals surface area contributed by atoms with Crippen molar-refractivity contribution in [1.29, 1.82) is 0 Å². The van der Waals surface area contributed by atoms with Crippen LogP contribution in [-0.4, -0.2) is 28.7 Å². The third-order valence-electron chi connectivity index (χ3n) is 4.28. The van der Waals surface area contributed by atoms with Crippen molar-refractivity contribution in [1.82, 2.24) is 19.1 Å². The Morgan fingerprint density at radius 3 is 2.52 bits per heavy atom. The largest absolute Gasteiger partial charge is 0.335 e. The zero-order valence-corrected chi connectivity index (χ0v) is 15.4. The molecule has 0 fully saturated rings. The SMILES string of the molecule is Cc1nn(C)c(C)c1S(=O)(=O)NC(=O)Cn1c(C)cc2ccccc21. The second-order valence-corrected chi connectivity index (χ2v) is 7.70. The summed E-state index contributed by atoms with van der Waals surface area (Å²) in [5.74, 6) is -0.591. The summed E-state index contributed by atoms with van der Waals surface area (Å²) in [6, 6.07) is 9.63. The third-order valence-corrected chi connectivity index (χ3v) is 5.90. The second kappa shape index (κ2) is 6.03. The van der Waals surface area contributed by atoms with Crippen molar-refractivity contribution in [3.05, 3.63) is 47.4 Å². The molecule has 0 unspecified atom stereocenters. The van der Waals surface area contributed by atoms with Crippen LogP contribution in [-0.2, 0) is 28.4 Å². The summed E-state index contributed by atoms with van der Waals surface area (Å²) in [5.41, 5.74) is 2.63. The number of para-hydroxylation sites is 1. The molecular formula is C17H20N4O3S. The molecule has 0 radical (unpaired) electrons. The summed E-state index contributed by atoms with van der Waals surface area (Å²) in [6.07, 6.45) is 0. The first kappa shape index (κ1) is 17.2. The molecular weight excluding hydrogens is 340 g/mol. The Morgan fingerprint density at radius 2 is 1.88 bits per heavy atom. The fourth-order valence-electron chi connectivity index (χ4n) is 3.08. The van der Waals surface area contributed by atoms with Crippen LogP contribution in [0.4, 0.5) is 0 Å². The average molecular weight is 360 g/mol. The van der Waals surface area contributed by atoms with E-state index < -0.39 is 15.9 Å². The van der Waals surface area contributed by atoms with E-state index in [1.54, 1.807) is 25.5 Å². The first-order chi connectivity index (χ1) is 11.7. The van der Waals surface area contributed by atoms with Crippen LogP contribution >= 0.6 is 0 Å². The predicted molar refractivity (Wildman–Crippen MR) is 94.7 cm³/mol. The summed E-state index contributed by atoms with van der Waals surface area (Å²) in [4.78, 5) is 12.4. The first-order valence-corrected chi connectivity index (χ1v) is 9.29. The number of hydrogen-bond donors (Lipinski definition) is 1. The number of benzene rings is 1. The van der Waals surface area contributed by atoms with Gasteiger partial charge in [-0.25, -0.2) is 13.1 Å². The van der Waals surface area contributed by atoms with Gasteiger partial charge in [-0.05, 0) is 38.3 Å². The molecule has 132 valence electrons. The number of hydrogen-bond acceptors (Lipinski definition) is 4. The van der Waals surface area contributed by atoms with Gasteiger partial charge in [0.05, 0.1) is 11.4 Å². The van der Waals surface area contributed by atoms with E-state index in [2.05, 4.69) is 9.82 Å². The number of nitrogens with zero attached hydrogens (tertiary/aromatic N) is 3. The second-order valence-electron chi connectivity index (χ2n) is 6.08. The minimum atomic E-state index is -3.97. The summed E-state index contributed by atoms with van der Waals surface area (Å²) in [5, 5.41) is 5.10. The van der Waals surface area contributed by atoms with Gasteiger partial charge in [0.15, 0.2) is 0 Å². The smallest absolute Gasteiger partial charge is 0.267 e.